The smallest absolute Gasteiger partial charge is 0.356 e. The fourth-order valence-corrected chi connectivity index (χ4v) is 1.60. The largest absolute Gasteiger partial charge is 0.476 e. The van der Waals surface area contributed by atoms with Gasteiger partial charge in [0.25, 0.3) is 0 Å². The second kappa shape index (κ2) is 3.12. The van der Waals surface area contributed by atoms with E-state index >= 15 is 0 Å². The van der Waals surface area contributed by atoms with E-state index in [2.05, 4.69) is 10.2 Å². The van der Waals surface area contributed by atoms with E-state index in [1.165, 1.54) is 0 Å². The molecule has 0 saturated heterocycles. The number of carboxylic acid groups (broad SMARTS) is 1. The molecule has 1 aromatic rings. The van der Waals surface area contributed by atoms with Crippen molar-refractivity contribution in [3.8, 4) is 0 Å². The van der Waals surface area contributed by atoms with Crippen LogP contribution in [0.3, 0.4) is 0 Å². The predicted molar refractivity (Wildman–Crippen MR) is 45.6 cm³/mol. The topological polar surface area (TPSA) is 63.1 Å². The van der Waals surface area contributed by atoms with Crippen LogP contribution >= 0.6 is 0 Å². The van der Waals surface area contributed by atoms with E-state index in [1.54, 1.807) is 6.07 Å². The number of aromatic nitrogens is 2. The van der Waals surface area contributed by atoms with Crippen molar-refractivity contribution >= 4 is 5.97 Å². The van der Waals surface area contributed by atoms with Crippen LogP contribution in [0.2, 0.25) is 0 Å². The summed E-state index contributed by atoms with van der Waals surface area (Å²) < 4.78 is 0. The Morgan fingerprint density at radius 2 is 2.08 bits per heavy atom. The lowest BCUT2D eigenvalue weighted by Gasteiger charge is -2.13. The molecule has 1 N–H and O–H groups in total. The molecule has 0 aliphatic heterocycles. The molecule has 1 aliphatic carbocycles. The van der Waals surface area contributed by atoms with Gasteiger partial charge in [-0.15, -0.1) is 5.10 Å². The maximum Gasteiger partial charge on any atom is 0.356 e. The highest BCUT2D eigenvalue weighted by Gasteiger charge is 2.14. The lowest BCUT2D eigenvalue weighted by molar-refractivity contribution is 0.0689. The summed E-state index contributed by atoms with van der Waals surface area (Å²) in [5, 5.41) is 16.2. The van der Waals surface area contributed by atoms with Crippen molar-refractivity contribution in [3.63, 3.8) is 0 Å². The summed E-state index contributed by atoms with van der Waals surface area (Å²) in [6.07, 6.45) is 4.12. The highest BCUT2D eigenvalue weighted by Crippen LogP contribution is 2.18. The molecule has 1 aromatic heterocycles. The first-order valence-electron chi connectivity index (χ1n) is 4.36. The Kier molecular flexibility index (Phi) is 1.96. The highest BCUT2D eigenvalue weighted by molar-refractivity contribution is 5.85. The monoisotopic (exact) mass is 178 g/mol. The van der Waals surface area contributed by atoms with Crippen LogP contribution in [0.15, 0.2) is 6.07 Å². The Morgan fingerprint density at radius 1 is 1.31 bits per heavy atom. The van der Waals surface area contributed by atoms with E-state index in [0.29, 0.717) is 0 Å². The molecule has 1 aliphatic rings. The number of fused-ring (bicyclic) bond motifs is 1. The average Bonchev–Trinajstić information content (AvgIpc) is 2.17. The molecule has 0 radical (unpaired) electrons. The summed E-state index contributed by atoms with van der Waals surface area (Å²) in [6.45, 7) is 0. The minimum absolute atomic E-state index is 0.0562. The van der Waals surface area contributed by atoms with Gasteiger partial charge in [-0.1, -0.05) is 0 Å². The van der Waals surface area contributed by atoms with Gasteiger partial charge in [-0.2, -0.15) is 5.10 Å². The van der Waals surface area contributed by atoms with Crippen molar-refractivity contribution < 1.29 is 9.90 Å². The molecule has 0 spiro atoms. The summed E-state index contributed by atoms with van der Waals surface area (Å²) in [5.41, 5.74) is 2.08. The van der Waals surface area contributed by atoms with Gasteiger partial charge in [-0.05, 0) is 37.3 Å². The van der Waals surface area contributed by atoms with Gasteiger partial charge in [0.05, 0.1) is 5.69 Å². The van der Waals surface area contributed by atoms with Gasteiger partial charge in [0.1, 0.15) is 0 Å². The van der Waals surface area contributed by atoms with E-state index in [1.807, 2.05) is 0 Å². The van der Waals surface area contributed by atoms with E-state index in [-0.39, 0.29) is 5.69 Å². The first-order valence-corrected chi connectivity index (χ1v) is 4.36. The van der Waals surface area contributed by atoms with Crippen molar-refractivity contribution in [1.29, 1.82) is 0 Å². The van der Waals surface area contributed by atoms with Crippen molar-refractivity contribution in [2.24, 2.45) is 0 Å². The summed E-state index contributed by atoms with van der Waals surface area (Å²) in [7, 11) is 0. The normalized spacial score (nSPS) is 15.1. The number of hydrogen-bond donors (Lipinski definition) is 1. The van der Waals surface area contributed by atoms with Crippen molar-refractivity contribution in [2.75, 3.05) is 0 Å². The van der Waals surface area contributed by atoms with Gasteiger partial charge in [0.15, 0.2) is 5.69 Å². The molecular weight excluding hydrogens is 168 g/mol. The molecule has 68 valence electrons. The molecule has 0 saturated carbocycles. The molecule has 0 bridgehead atoms. The van der Waals surface area contributed by atoms with E-state index < -0.39 is 5.97 Å². The van der Waals surface area contributed by atoms with Crippen LogP contribution in [0, 0.1) is 0 Å². The number of nitrogens with zero attached hydrogens (tertiary/aromatic N) is 2. The predicted octanol–water partition coefficient (Wildman–Crippen LogP) is 1.05. The quantitative estimate of drug-likeness (QED) is 0.698. The SMILES string of the molecule is O=C(O)c1cc2c(nn1)CCCC2. The Hall–Kier alpha value is -1.45. The van der Waals surface area contributed by atoms with Crippen LogP contribution in [0.4, 0.5) is 0 Å². The van der Waals surface area contributed by atoms with E-state index in [9.17, 15) is 4.79 Å². The molecule has 0 unspecified atom stereocenters. The van der Waals surface area contributed by atoms with Crippen LogP contribution < -0.4 is 0 Å². The van der Waals surface area contributed by atoms with Crippen molar-refractivity contribution in [2.45, 2.75) is 25.7 Å². The van der Waals surface area contributed by atoms with Crippen LogP contribution in [0.5, 0.6) is 0 Å². The van der Waals surface area contributed by atoms with Gasteiger partial charge in [-0.25, -0.2) is 4.79 Å². The molecule has 1 heterocycles. The van der Waals surface area contributed by atoms with E-state index in [4.69, 9.17) is 5.11 Å². The molecule has 13 heavy (non-hydrogen) atoms. The Balaban J connectivity index is 2.40. The molecular formula is C9H10N2O2. The summed E-state index contributed by atoms with van der Waals surface area (Å²) in [4.78, 5) is 10.6. The maximum atomic E-state index is 10.6. The highest BCUT2D eigenvalue weighted by atomic mass is 16.4. The molecule has 0 aromatic carbocycles. The summed E-state index contributed by atoms with van der Waals surface area (Å²) in [6, 6.07) is 1.64. The summed E-state index contributed by atoms with van der Waals surface area (Å²) in [5.74, 6) is -0.999. The number of aromatic carboxylic acids is 1. The van der Waals surface area contributed by atoms with Crippen LogP contribution in [-0.4, -0.2) is 21.3 Å². The summed E-state index contributed by atoms with van der Waals surface area (Å²) >= 11 is 0. The standard InChI is InChI=1S/C9H10N2O2/c12-9(13)8-5-6-3-1-2-4-7(6)10-11-8/h5H,1-4H2,(H,12,13). The third-order valence-electron chi connectivity index (χ3n) is 2.29. The zero-order chi connectivity index (χ0) is 9.26. The van der Waals surface area contributed by atoms with Gasteiger partial charge in [-0.3, -0.25) is 0 Å². The Morgan fingerprint density at radius 3 is 2.85 bits per heavy atom. The molecule has 0 amide bonds. The molecule has 4 nitrogen and oxygen atoms in total. The van der Waals surface area contributed by atoms with Crippen LogP contribution in [-0.2, 0) is 12.8 Å². The van der Waals surface area contributed by atoms with Gasteiger partial charge >= 0.3 is 5.97 Å². The Bertz CT molecular complexity index is 349. The minimum atomic E-state index is -0.999. The molecule has 4 heteroatoms. The zero-order valence-corrected chi connectivity index (χ0v) is 7.16. The first-order chi connectivity index (χ1) is 6.27. The average molecular weight is 178 g/mol. The van der Waals surface area contributed by atoms with Crippen LogP contribution in [0.25, 0.3) is 0 Å². The second-order valence-corrected chi connectivity index (χ2v) is 3.21. The minimum Gasteiger partial charge on any atom is -0.476 e. The fourth-order valence-electron chi connectivity index (χ4n) is 1.60. The number of rotatable bonds is 1. The number of carboxylic acids is 1. The van der Waals surface area contributed by atoms with Crippen molar-refractivity contribution in [1.82, 2.24) is 10.2 Å². The third-order valence-corrected chi connectivity index (χ3v) is 2.29. The third kappa shape index (κ3) is 1.52. The lowest BCUT2D eigenvalue weighted by Crippen LogP contribution is -2.11. The maximum absolute atomic E-state index is 10.6. The molecule has 0 fully saturated rings. The number of carbonyl (C=O) groups is 1. The molecule has 0 atom stereocenters. The van der Waals surface area contributed by atoms with Gasteiger partial charge < -0.3 is 5.11 Å². The van der Waals surface area contributed by atoms with Gasteiger partial charge in [0.2, 0.25) is 0 Å². The van der Waals surface area contributed by atoms with E-state index in [0.717, 1.165) is 36.9 Å². The zero-order valence-electron chi connectivity index (χ0n) is 7.16. The Labute approximate surface area is 75.6 Å². The fraction of sp³-hybridized carbons (Fsp3) is 0.444. The first kappa shape index (κ1) is 8.16. The number of hydrogen-bond acceptors (Lipinski definition) is 3. The molecule has 2 rings (SSSR count). The number of aryl methyl sites for hydroxylation is 2. The lowest BCUT2D eigenvalue weighted by atomic mass is 9.96. The van der Waals surface area contributed by atoms with Crippen molar-refractivity contribution in [3.05, 3.63) is 23.0 Å². The van der Waals surface area contributed by atoms with Crippen LogP contribution in [0.1, 0.15) is 34.6 Å². The second-order valence-electron chi connectivity index (χ2n) is 3.21. The van der Waals surface area contributed by atoms with Gasteiger partial charge in [0, 0.05) is 0 Å².